The molecule has 0 radical (unpaired) electrons. The number of ether oxygens (including phenoxy) is 2. The van der Waals surface area contributed by atoms with Crippen LogP contribution < -0.4 is 14.8 Å². The standard InChI is InChI=1S/C22H19N5O6/c1-12(14-5-8-19(24-11-14)31-13(2)22(29)30)25-20(28)16-4-3-9-23-21(16)32-15-6-7-17-18(10-15)27-33-26-17/h3-13H,1-2H3,(H,25,28)(H,29,30). The van der Waals surface area contributed by atoms with E-state index in [1.54, 1.807) is 49.4 Å². The lowest BCUT2D eigenvalue weighted by atomic mass is 10.1. The van der Waals surface area contributed by atoms with Crippen molar-refractivity contribution in [2.75, 3.05) is 0 Å². The zero-order chi connectivity index (χ0) is 23.4. The molecule has 4 rings (SSSR count). The smallest absolute Gasteiger partial charge is 0.344 e. The Hall–Kier alpha value is -4.54. The van der Waals surface area contributed by atoms with Gasteiger partial charge < -0.3 is 19.9 Å². The highest BCUT2D eigenvalue weighted by Gasteiger charge is 2.18. The first kappa shape index (κ1) is 21.7. The van der Waals surface area contributed by atoms with Gasteiger partial charge in [-0.1, -0.05) is 6.07 Å². The molecule has 0 saturated heterocycles. The average Bonchev–Trinajstić information content (AvgIpc) is 3.27. The summed E-state index contributed by atoms with van der Waals surface area (Å²) in [6.45, 7) is 3.20. The average molecular weight is 449 g/mol. The third-order valence-corrected chi connectivity index (χ3v) is 4.71. The summed E-state index contributed by atoms with van der Waals surface area (Å²) in [7, 11) is 0. The second-order valence-electron chi connectivity index (χ2n) is 7.10. The zero-order valence-electron chi connectivity index (χ0n) is 17.6. The van der Waals surface area contributed by atoms with Crippen LogP contribution in [0.25, 0.3) is 11.0 Å². The molecule has 1 aromatic carbocycles. The summed E-state index contributed by atoms with van der Waals surface area (Å²) >= 11 is 0. The van der Waals surface area contributed by atoms with Crippen LogP contribution in [0.5, 0.6) is 17.5 Å². The molecule has 33 heavy (non-hydrogen) atoms. The second kappa shape index (κ2) is 9.30. The minimum absolute atomic E-state index is 0.127. The number of hydrogen-bond donors (Lipinski definition) is 2. The first-order valence-corrected chi connectivity index (χ1v) is 9.92. The molecule has 3 aromatic heterocycles. The highest BCUT2D eigenvalue weighted by molar-refractivity contribution is 5.96. The fourth-order valence-corrected chi connectivity index (χ4v) is 2.89. The molecule has 3 heterocycles. The van der Waals surface area contributed by atoms with E-state index >= 15 is 0 Å². The van der Waals surface area contributed by atoms with Crippen LogP contribution in [0.1, 0.15) is 35.8 Å². The van der Waals surface area contributed by atoms with Gasteiger partial charge in [-0.3, -0.25) is 4.79 Å². The number of aliphatic carboxylic acids is 1. The summed E-state index contributed by atoms with van der Waals surface area (Å²) in [5.74, 6) is -0.755. The van der Waals surface area contributed by atoms with Gasteiger partial charge in [0.1, 0.15) is 22.3 Å². The molecule has 2 N–H and O–H groups in total. The van der Waals surface area contributed by atoms with E-state index in [9.17, 15) is 9.59 Å². The second-order valence-corrected chi connectivity index (χ2v) is 7.10. The molecular formula is C22H19N5O6. The largest absolute Gasteiger partial charge is 0.479 e. The summed E-state index contributed by atoms with van der Waals surface area (Å²) in [6.07, 6.45) is 2.01. The molecule has 2 atom stereocenters. The number of pyridine rings is 2. The lowest BCUT2D eigenvalue weighted by molar-refractivity contribution is -0.144. The summed E-state index contributed by atoms with van der Waals surface area (Å²) in [6, 6.07) is 11.1. The number of nitrogens with zero attached hydrogens (tertiary/aromatic N) is 4. The number of rotatable bonds is 8. The van der Waals surface area contributed by atoms with Crippen molar-refractivity contribution < 1.29 is 28.8 Å². The van der Waals surface area contributed by atoms with Crippen molar-refractivity contribution in [1.82, 2.24) is 25.6 Å². The SMILES string of the molecule is CC(Oc1ccc(C(C)NC(=O)c2cccnc2Oc2ccc3nonc3c2)cn1)C(=O)O. The van der Waals surface area contributed by atoms with Crippen LogP contribution >= 0.6 is 0 Å². The quantitative estimate of drug-likeness (QED) is 0.411. The molecule has 0 saturated carbocycles. The molecule has 168 valence electrons. The number of carboxylic acid groups (broad SMARTS) is 1. The Labute approximate surface area is 187 Å². The number of carbonyl (C=O) groups excluding carboxylic acids is 1. The van der Waals surface area contributed by atoms with E-state index in [1.807, 2.05) is 0 Å². The highest BCUT2D eigenvalue weighted by atomic mass is 16.6. The molecule has 11 heteroatoms. The summed E-state index contributed by atoms with van der Waals surface area (Å²) in [4.78, 5) is 32.1. The van der Waals surface area contributed by atoms with Crippen LogP contribution in [0.15, 0.2) is 59.5 Å². The predicted molar refractivity (Wildman–Crippen MR) is 114 cm³/mol. The van der Waals surface area contributed by atoms with Gasteiger partial charge >= 0.3 is 5.97 Å². The van der Waals surface area contributed by atoms with Crippen LogP contribution in [0.2, 0.25) is 0 Å². The van der Waals surface area contributed by atoms with E-state index in [2.05, 4.69) is 30.2 Å². The van der Waals surface area contributed by atoms with Gasteiger partial charge in [-0.2, -0.15) is 0 Å². The number of amides is 1. The predicted octanol–water partition coefficient (Wildman–Crippen LogP) is 3.15. The number of benzene rings is 1. The molecule has 0 aliphatic heterocycles. The normalized spacial score (nSPS) is 12.7. The molecule has 0 aliphatic rings. The minimum atomic E-state index is -1.09. The van der Waals surface area contributed by atoms with E-state index in [-0.39, 0.29) is 17.3 Å². The minimum Gasteiger partial charge on any atom is -0.479 e. The number of hydrogen-bond acceptors (Lipinski definition) is 9. The van der Waals surface area contributed by atoms with Crippen LogP contribution in [0.3, 0.4) is 0 Å². The number of carbonyl (C=O) groups is 2. The van der Waals surface area contributed by atoms with Gasteiger partial charge in [0.25, 0.3) is 5.91 Å². The third kappa shape index (κ3) is 5.03. The van der Waals surface area contributed by atoms with Crippen molar-refractivity contribution in [3.05, 3.63) is 66.0 Å². The number of aromatic nitrogens is 4. The van der Waals surface area contributed by atoms with Gasteiger partial charge in [0.15, 0.2) is 6.10 Å². The van der Waals surface area contributed by atoms with Gasteiger partial charge in [-0.15, -0.1) is 0 Å². The van der Waals surface area contributed by atoms with Crippen LogP contribution in [0, 0.1) is 0 Å². The Morgan fingerprint density at radius 3 is 2.64 bits per heavy atom. The molecule has 0 bridgehead atoms. The summed E-state index contributed by atoms with van der Waals surface area (Å²) in [5, 5.41) is 19.3. The van der Waals surface area contributed by atoms with E-state index in [1.165, 1.54) is 19.3 Å². The zero-order valence-corrected chi connectivity index (χ0v) is 17.6. The van der Waals surface area contributed by atoms with E-state index in [0.717, 1.165) is 0 Å². The van der Waals surface area contributed by atoms with E-state index in [0.29, 0.717) is 22.3 Å². The summed E-state index contributed by atoms with van der Waals surface area (Å²) in [5.41, 5.74) is 2.04. The van der Waals surface area contributed by atoms with Crippen molar-refractivity contribution in [1.29, 1.82) is 0 Å². The maximum Gasteiger partial charge on any atom is 0.344 e. The first-order valence-electron chi connectivity index (χ1n) is 9.92. The number of nitrogens with one attached hydrogen (secondary N) is 1. The topological polar surface area (TPSA) is 150 Å². The van der Waals surface area contributed by atoms with Crippen LogP contribution in [-0.4, -0.2) is 43.4 Å². The molecule has 11 nitrogen and oxygen atoms in total. The van der Waals surface area contributed by atoms with E-state index < -0.39 is 24.0 Å². The maximum atomic E-state index is 12.9. The molecule has 2 unspecified atom stereocenters. The fourth-order valence-electron chi connectivity index (χ4n) is 2.89. The van der Waals surface area contributed by atoms with Crippen LogP contribution in [0.4, 0.5) is 0 Å². The van der Waals surface area contributed by atoms with Crippen molar-refractivity contribution in [3.63, 3.8) is 0 Å². The Kier molecular flexibility index (Phi) is 6.11. The van der Waals surface area contributed by atoms with Crippen LogP contribution in [-0.2, 0) is 4.79 Å². The molecule has 0 spiro atoms. The van der Waals surface area contributed by atoms with Crippen molar-refractivity contribution >= 4 is 22.9 Å². The Morgan fingerprint density at radius 1 is 1.06 bits per heavy atom. The Balaban J connectivity index is 1.45. The van der Waals surface area contributed by atoms with Crippen molar-refractivity contribution in [3.8, 4) is 17.5 Å². The fraction of sp³-hybridized carbons (Fsp3) is 0.182. The Bertz CT molecular complexity index is 1290. The monoisotopic (exact) mass is 449 g/mol. The lowest BCUT2D eigenvalue weighted by Crippen LogP contribution is -2.27. The number of carboxylic acids is 1. The van der Waals surface area contributed by atoms with Gasteiger partial charge in [-0.05, 0) is 54.0 Å². The van der Waals surface area contributed by atoms with Gasteiger partial charge in [0, 0.05) is 24.5 Å². The third-order valence-electron chi connectivity index (χ3n) is 4.71. The molecule has 4 aromatic rings. The maximum absolute atomic E-state index is 12.9. The molecular weight excluding hydrogens is 430 g/mol. The van der Waals surface area contributed by atoms with Gasteiger partial charge in [0.2, 0.25) is 11.8 Å². The van der Waals surface area contributed by atoms with Crippen molar-refractivity contribution in [2.45, 2.75) is 26.0 Å². The summed E-state index contributed by atoms with van der Waals surface area (Å²) < 4.78 is 15.7. The van der Waals surface area contributed by atoms with Gasteiger partial charge in [0.05, 0.1) is 6.04 Å². The number of fused-ring (bicyclic) bond motifs is 1. The molecule has 0 aliphatic carbocycles. The first-order chi connectivity index (χ1) is 15.9. The molecule has 0 fully saturated rings. The Morgan fingerprint density at radius 2 is 1.88 bits per heavy atom. The van der Waals surface area contributed by atoms with Gasteiger partial charge in [-0.25, -0.2) is 19.4 Å². The van der Waals surface area contributed by atoms with E-state index in [4.69, 9.17) is 14.6 Å². The molecule has 1 amide bonds. The lowest BCUT2D eigenvalue weighted by Gasteiger charge is -2.16. The highest BCUT2D eigenvalue weighted by Crippen LogP contribution is 2.26. The van der Waals surface area contributed by atoms with Crippen molar-refractivity contribution in [2.24, 2.45) is 0 Å².